The molecule has 0 spiro atoms. The number of allylic oxidation sites excluding steroid dienone is 6. The number of anilines is 3. The van der Waals surface area contributed by atoms with Crippen LogP contribution >= 0.6 is 0 Å². The van der Waals surface area contributed by atoms with E-state index in [0.29, 0.717) is 17.5 Å². The molecule has 3 aliphatic carbocycles. The molecule has 46 heavy (non-hydrogen) atoms. The molecule has 4 aromatic rings. The van der Waals surface area contributed by atoms with Gasteiger partial charge in [0.1, 0.15) is 0 Å². The predicted molar refractivity (Wildman–Crippen MR) is 188 cm³/mol. The molecule has 0 amide bonds. The summed E-state index contributed by atoms with van der Waals surface area (Å²) in [4.78, 5) is 5.12. The molecule has 2 heterocycles. The van der Waals surface area contributed by atoms with E-state index < -0.39 is 0 Å². The zero-order valence-corrected chi connectivity index (χ0v) is 25.8. The number of nitriles is 1. The van der Waals surface area contributed by atoms with E-state index in [4.69, 9.17) is 0 Å². The maximum absolute atomic E-state index is 9.38. The van der Waals surface area contributed by atoms with Crippen LogP contribution < -0.4 is 9.80 Å². The third kappa shape index (κ3) is 4.17. The largest absolute Gasteiger partial charge is 0.336 e. The molecular formula is C43H35N3. The zero-order chi connectivity index (χ0) is 30.6. The number of hydrogen-bond acceptors (Lipinski definition) is 3. The third-order valence-corrected chi connectivity index (χ3v) is 10.6. The van der Waals surface area contributed by atoms with E-state index in [1.54, 1.807) is 0 Å². The maximum Gasteiger partial charge on any atom is 0.0991 e. The highest BCUT2D eigenvalue weighted by atomic mass is 15.2. The predicted octanol–water partition coefficient (Wildman–Crippen LogP) is 10.1. The van der Waals surface area contributed by atoms with Crippen molar-refractivity contribution in [1.29, 1.82) is 5.26 Å². The molecule has 4 atom stereocenters. The molecule has 0 radical (unpaired) electrons. The van der Waals surface area contributed by atoms with E-state index in [1.807, 2.05) is 12.1 Å². The summed E-state index contributed by atoms with van der Waals surface area (Å²) >= 11 is 0. The minimum Gasteiger partial charge on any atom is -0.336 e. The van der Waals surface area contributed by atoms with Crippen LogP contribution in [-0.2, 0) is 0 Å². The minimum absolute atomic E-state index is 0.191. The molecule has 0 bridgehead atoms. The smallest absolute Gasteiger partial charge is 0.0991 e. The number of hydrogen-bond donors (Lipinski definition) is 0. The Kier molecular flexibility index (Phi) is 6.42. The molecule has 5 aliphatic rings. The van der Waals surface area contributed by atoms with Crippen molar-refractivity contribution < 1.29 is 0 Å². The van der Waals surface area contributed by atoms with Gasteiger partial charge in [0, 0.05) is 34.6 Å². The third-order valence-electron chi connectivity index (χ3n) is 10.6. The van der Waals surface area contributed by atoms with Crippen molar-refractivity contribution >= 4 is 22.6 Å². The molecular weight excluding hydrogens is 558 g/mol. The lowest BCUT2D eigenvalue weighted by Crippen LogP contribution is -2.38. The van der Waals surface area contributed by atoms with Gasteiger partial charge in [-0.1, -0.05) is 97.1 Å². The first-order chi connectivity index (χ1) is 22.8. The fraction of sp³-hybridized carbons (Fsp3) is 0.186. The van der Waals surface area contributed by atoms with Crippen molar-refractivity contribution in [3.8, 4) is 6.07 Å². The standard InChI is InChI=1S/C43H35N3/c44-28-29-21-24-32(25-22-29)45-40-19-8-7-16-36(40)39-27-30(23-26-42(39)45)33-13-4-5-14-34(33)37-17-10-18-38-35-15-6-9-20-41(35)46(43(37)38)31-11-2-1-3-12-31/h1-8,11-16,18-19,21-27,37,39,42-43H,9-10,17,20H2. The zero-order valence-electron chi connectivity index (χ0n) is 25.8. The lowest BCUT2D eigenvalue weighted by Gasteiger charge is -2.39. The highest BCUT2D eigenvalue weighted by Gasteiger charge is 2.44. The van der Waals surface area contributed by atoms with Crippen LogP contribution in [0.2, 0.25) is 0 Å². The first-order valence-electron chi connectivity index (χ1n) is 16.6. The highest BCUT2D eigenvalue weighted by Crippen LogP contribution is 2.53. The maximum atomic E-state index is 9.38. The number of fused-ring (bicyclic) bond motifs is 5. The Bertz CT molecular complexity index is 2040. The summed E-state index contributed by atoms with van der Waals surface area (Å²) in [7, 11) is 0. The molecule has 3 heteroatoms. The van der Waals surface area contributed by atoms with Crippen molar-refractivity contribution in [3.05, 3.63) is 179 Å². The van der Waals surface area contributed by atoms with E-state index >= 15 is 0 Å². The Hall–Kier alpha value is -5.33. The molecule has 0 aromatic heterocycles. The normalized spacial score (nSPS) is 24.1. The van der Waals surface area contributed by atoms with Crippen LogP contribution in [0.4, 0.5) is 17.1 Å². The van der Waals surface area contributed by atoms with E-state index in [9.17, 15) is 5.26 Å². The van der Waals surface area contributed by atoms with E-state index in [1.165, 1.54) is 50.5 Å². The van der Waals surface area contributed by atoms with Gasteiger partial charge < -0.3 is 9.80 Å². The second-order valence-electron chi connectivity index (χ2n) is 13.0. The Morgan fingerprint density at radius 3 is 2.33 bits per heavy atom. The number of rotatable bonds is 4. The summed E-state index contributed by atoms with van der Waals surface area (Å²) in [5, 5.41) is 9.38. The first kappa shape index (κ1) is 27.0. The van der Waals surface area contributed by atoms with Crippen LogP contribution in [-0.4, -0.2) is 12.1 Å². The lowest BCUT2D eigenvalue weighted by atomic mass is 9.75. The van der Waals surface area contributed by atoms with Gasteiger partial charge in [-0.3, -0.25) is 0 Å². The molecule has 2 aliphatic heterocycles. The van der Waals surface area contributed by atoms with Gasteiger partial charge in [0.05, 0.1) is 23.7 Å². The van der Waals surface area contributed by atoms with Gasteiger partial charge in [0.2, 0.25) is 0 Å². The molecule has 3 nitrogen and oxygen atoms in total. The second-order valence-corrected chi connectivity index (χ2v) is 13.0. The summed E-state index contributed by atoms with van der Waals surface area (Å²) in [5.41, 5.74) is 14.3. The number of nitrogens with zero attached hydrogens (tertiary/aromatic N) is 3. The molecule has 0 fully saturated rings. The monoisotopic (exact) mass is 593 g/mol. The van der Waals surface area contributed by atoms with Gasteiger partial charge in [0.15, 0.2) is 0 Å². The molecule has 4 aromatic carbocycles. The summed E-state index contributed by atoms with van der Waals surface area (Å²) in [6.45, 7) is 0. The van der Waals surface area contributed by atoms with Gasteiger partial charge in [-0.05, 0) is 102 Å². The fourth-order valence-electron chi connectivity index (χ4n) is 8.68. The van der Waals surface area contributed by atoms with E-state index in [2.05, 4.69) is 143 Å². The quantitative estimate of drug-likeness (QED) is 0.236. The summed E-state index contributed by atoms with van der Waals surface area (Å²) < 4.78 is 0. The van der Waals surface area contributed by atoms with Gasteiger partial charge in [0.25, 0.3) is 0 Å². The SMILES string of the molecule is N#Cc1ccc(N2c3ccccc3C3C=C(c4ccccc4C4CCC=C5C6=C(CCC=C6)N(c6ccccc6)C54)C=CC32)cc1. The van der Waals surface area contributed by atoms with Crippen molar-refractivity contribution in [1.82, 2.24) is 0 Å². The average molecular weight is 594 g/mol. The Morgan fingerprint density at radius 1 is 0.717 bits per heavy atom. The van der Waals surface area contributed by atoms with E-state index in [0.717, 1.165) is 31.4 Å². The fourth-order valence-corrected chi connectivity index (χ4v) is 8.68. The Morgan fingerprint density at radius 2 is 1.48 bits per heavy atom. The van der Waals surface area contributed by atoms with Crippen molar-refractivity contribution in [3.63, 3.8) is 0 Å². The van der Waals surface area contributed by atoms with Crippen molar-refractivity contribution in [2.45, 2.75) is 49.6 Å². The lowest BCUT2D eigenvalue weighted by molar-refractivity contribution is 0.524. The van der Waals surface area contributed by atoms with Gasteiger partial charge in [-0.2, -0.15) is 5.26 Å². The van der Waals surface area contributed by atoms with Crippen molar-refractivity contribution in [2.24, 2.45) is 0 Å². The number of para-hydroxylation sites is 2. The molecule has 0 saturated carbocycles. The molecule has 4 unspecified atom stereocenters. The summed E-state index contributed by atoms with van der Waals surface area (Å²) in [6, 6.07) is 39.8. The molecule has 222 valence electrons. The first-order valence-corrected chi connectivity index (χ1v) is 16.6. The molecule has 0 N–H and O–H groups in total. The Labute approximate surface area is 271 Å². The average Bonchev–Trinajstić information content (AvgIpc) is 3.65. The summed E-state index contributed by atoms with van der Waals surface area (Å²) in [6.07, 6.45) is 19.0. The molecule has 0 saturated heterocycles. The van der Waals surface area contributed by atoms with Crippen LogP contribution in [0.3, 0.4) is 0 Å². The van der Waals surface area contributed by atoms with Gasteiger partial charge in [-0.25, -0.2) is 0 Å². The van der Waals surface area contributed by atoms with Crippen LogP contribution in [0.1, 0.15) is 59.8 Å². The van der Waals surface area contributed by atoms with Crippen LogP contribution in [0.25, 0.3) is 5.57 Å². The highest BCUT2D eigenvalue weighted by molar-refractivity contribution is 5.84. The Balaban J connectivity index is 1.12. The van der Waals surface area contributed by atoms with Crippen LogP contribution in [0.15, 0.2) is 156 Å². The van der Waals surface area contributed by atoms with Crippen LogP contribution in [0.5, 0.6) is 0 Å². The van der Waals surface area contributed by atoms with Gasteiger partial charge in [-0.15, -0.1) is 0 Å². The molecule has 9 rings (SSSR count). The van der Waals surface area contributed by atoms with Crippen LogP contribution in [0, 0.1) is 11.3 Å². The van der Waals surface area contributed by atoms with Gasteiger partial charge >= 0.3 is 0 Å². The van der Waals surface area contributed by atoms with Crippen molar-refractivity contribution in [2.75, 3.05) is 9.80 Å². The van der Waals surface area contributed by atoms with E-state index in [-0.39, 0.29) is 12.0 Å². The summed E-state index contributed by atoms with van der Waals surface area (Å²) in [5.74, 6) is 0.626. The second kappa shape index (κ2) is 10.9. The number of benzene rings is 4. The topological polar surface area (TPSA) is 30.3 Å². The minimum atomic E-state index is 0.191.